The lowest BCUT2D eigenvalue weighted by Crippen LogP contribution is -2.67. The van der Waals surface area contributed by atoms with Gasteiger partial charge in [0.05, 0.1) is 19.7 Å². The monoisotopic (exact) mass is 345 g/mol. The van der Waals surface area contributed by atoms with Crippen LogP contribution in [0.5, 0.6) is 0 Å². The van der Waals surface area contributed by atoms with Crippen LogP contribution in [-0.2, 0) is 4.74 Å². The summed E-state index contributed by atoms with van der Waals surface area (Å²) >= 11 is 0. The molecule has 2 aromatic rings. The second-order valence-corrected chi connectivity index (χ2v) is 6.59. The maximum absolute atomic E-state index is 12.4. The molecule has 7 heteroatoms. The SMILES string of the molecule is CCOC1(CO)CN(C(=O)Nc2cc3c(C)cc(=O)[nH]c3cc2C)C1. The fourth-order valence-corrected chi connectivity index (χ4v) is 3.25. The number of H-pyrrole nitrogens is 1. The average molecular weight is 345 g/mol. The molecule has 7 nitrogen and oxygen atoms in total. The van der Waals surface area contributed by atoms with E-state index in [2.05, 4.69) is 10.3 Å². The molecule has 0 atom stereocenters. The second kappa shape index (κ2) is 6.50. The number of carbonyl (C=O) groups excluding carboxylic acids is 1. The molecule has 1 aliphatic heterocycles. The molecule has 0 aliphatic carbocycles. The van der Waals surface area contributed by atoms with Crippen LogP contribution in [0.2, 0.25) is 0 Å². The lowest BCUT2D eigenvalue weighted by molar-refractivity contribution is -0.146. The summed E-state index contributed by atoms with van der Waals surface area (Å²) < 4.78 is 5.55. The normalized spacial score (nSPS) is 15.9. The predicted octanol–water partition coefficient (Wildman–Crippen LogP) is 1.76. The third-order valence-electron chi connectivity index (χ3n) is 4.62. The zero-order chi connectivity index (χ0) is 18.2. The van der Waals surface area contributed by atoms with Gasteiger partial charge in [0, 0.05) is 29.3 Å². The third kappa shape index (κ3) is 3.25. The number of fused-ring (bicyclic) bond motifs is 1. The Labute approximate surface area is 145 Å². The molecule has 1 aromatic carbocycles. The molecule has 2 amide bonds. The summed E-state index contributed by atoms with van der Waals surface area (Å²) in [6.07, 6.45) is 0. The van der Waals surface area contributed by atoms with E-state index < -0.39 is 5.60 Å². The number of anilines is 1. The summed E-state index contributed by atoms with van der Waals surface area (Å²) in [6.45, 7) is 6.73. The van der Waals surface area contributed by atoms with Crippen LogP contribution >= 0.6 is 0 Å². The molecule has 0 unspecified atom stereocenters. The molecule has 25 heavy (non-hydrogen) atoms. The number of ether oxygens (including phenoxy) is 1. The van der Waals surface area contributed by atoms with Gasteiger partial charge in [0.25, 0.3) is 0 Å². The molecule has 3 N–H and O–H groups in total. The van der Waals surface area contributed by atoms with Crippen LogP contribution in [0.4, 0.5) is 10.5 Å². The van der Waals surface area contributed by atoms with Gasteiger partial charge in [-0.1, -0.05) is 0 Å². The standard InChI is InChI=1S/C18H23N3O4/c1-4-25-18(10-22)8-21(9-18)17(24)20-14-7-13-11(2)6-16(23)19-15(13)5-12(14)3/h5-7,22H,4,8-10H2,1-3H3,(H,19,23)(H,20,24). The van der Waals surface area contributed by atoms with Gasteiger partial charge in [0.1, 0.15) is 5.60 Å². The van der Waals surface area contributed by atoms with Crippen molar-refractivity contribution >= 4 is 22.6 Å². The summed E-state index contributed by atoms with van der Waals surface area (Å²) in [6, 6.07) is 5.03. The average Bonchev–Trinajstić information content (AvgIpc) is 2.51. The first kappa shape index (κ1) is 17.4. The van der Waals surface area contributed by atoms with E-state index in [-0.39, 0.29) is 18.2 Å². The van der Waals surface area contributed by atoms with E-state index in [0.717, 1.165) is 22.0 Å². The quantitative estimate of drug-likeness (QED) is 0.787. The summed E-state index contributed by atoms with van der Waals surface area (Å²) in [4.78, 5) is 28.5. The van der Waals surface area contributed by atoms with E-state index in [0.29, 0.717) is 25.4 Å². The number of likely N-dealkylation sites (tertiary alicyclic amines) is 1. The van der Waals surface area contributed by atoms with Crippen molar-refractivity contribution in [1.82, 2.24) is 9.88 Å². The number of aliphatic hydroxyl groups excluding tert-OH is 1. The molecule has 2 heterocycles. The van der Waals surface area contributed by atoms with Crippen molar-refractivity contribution in [3.8, 4) is 0 Å². The van der Waals surface area contributed by atoms with Gasteiger partial charge in [-0.05, 0) is 44.0 Å². The van der Waals surface area contributed by atoms with Crippen molar-refractivity contribution in [2.75, 3.05) is 31.6 Å². The zero-order valence-corrected chi connectivity index (χ0v) is 14.7. The molecule has 0 spiro atoms. The molecular formula is C18H23N3O4. The minimum Gasteiger partial charge on any atom is -0.393 e. The number of aromatic amines is 1. The molecule has 134 valence electrons. The van der Waals surface area contributed by atoms with Crippen LogP contribution in [0.25, 0.3) is 10.9 Å². The Hall–Kier alpha value is -2.38. The number of aryl methyl sites for hydroxylation is 2. The molecule has 3 rings (SSSR count). The lowest BCUT2D eigenvalue weighted by atomic mass is 9.95. The minimum atomic E-state index is -0.638. The minimum absolute atomic E-state index is 0.105. The highest BCUT2D eigenvalue weighted by atomic mass is 16.5. The Morgan fingerprint density at radius 1 is 1.32 bits per heavy atom. The number of benzene rings is 1. The smallest absolute Gasteiger partial charge is 0.322 e. The number of nitrogens with zero attached hydrogens (tertiary/aromatic N) is 1. The topological polar surface area (TPSA) is 94.7 Å². The number of hydrogen-bond acceptors (Lipinski definition) is 4. The van der Waals surface area contributed by atoms with Crippen molar-refractivity contribution in [3.05, 3.63) is 39.7 Å². The van der Waals surface area contributed by atoms with Gasteiger partial charge in [-0.15, -0.1) is 0 Å². The Bertz CT molecular complexity index is 868. The molecule has 0 radical (unpaired) electrons. The summed E-state index contributed by atoms with van der Waals surface area (Å²) in [5, 5.41) is 13.3. The van der Waals surface area contributed by atoms with Gasteiger partial charge in [-0.3, -0.25) is 4.79 Å². The third-order valence-corrected chi connectivity index (χ3v) is 4.62. The van der Waals surface area contributed by atoms with Gasteiger partial charge in [-0.25, -0.2) is 4.79 Å². The number of rotatable bonds is 4. The van der Waals surface area contributed by atoms with Crippen molar-refractivity contribution in [2.24, 2.45) is 0 Å². The highest BCUT2D eigenvalue weighted by Gasteiger charge is 2.45. The van der Waals surface area contributed by atoms with Gasteiger partial charge in [0.15, 0.2) is 0 Å². The van der Waals surface area contributed by atoms with Gasteiger partial charge < -0.3 is 25.0 Å². The molecule has 1 fully saturated rings. The van der Waals surface area contributed by atoms with E-state index in [1.165, 1.54) is 6.07 Å². The van der Waals surface area contributed by atoms with Crippen LogP contribution in [0.3, 0.4) is 0 Å². The van der Waals surface area contributed by atoms with Crippen molar-refractivity contribution in [2.45, 2.75) is 26.4 Å². The van der Waals surface area contributed by atoms with Crippen molar-refractivity contribution in [1.29, 1.82) is 0 Å². The van der Waals surface area contributed by atoms with Crippen LogP contribution < -0.4 is 10.9 Å². The summed E-state index contributed by atoms with van der Waals surface area (Å²) in [5.74, 6) is 0. The van der Waals surface area contributed by atoms with E-state index in [9.17, 15) is 14.7 Å². The van der Waals surface area contributed by atoms with E-state index in [1.807, 2.05) is 32.9 Å². The van der Waals surface area contributed by atoms with Gasteiger partial charge >= 0.3 is 6.03 Å². The van der Waals surface area contributed by atoms with Crippen molar-refractivity contribution < 1.29 is 14.6 Å². The van der Waals surface area contributed by atoms with Crippen LogP contribution in [0.15, 0.2) is 23.0 Å². The van der Waals surface area contributed by atoms with E-state index >= 15 is 0 Å². The van der Waals surface area contributed by atoms with Gasteiger partial charge in [0.2, 0.25) is 5.56 Å². The fourth-order valence-electron chi connectivity index (χ4n) is 3.25. The van der Waals surface area contributed by atoms with Crippen molar-refractivity contribution in [3.63, 3.8) is 0 Å². The zero-order valence-electron chi connectivity index (χ0n) is 14.7. The highest BCUT2D eigenvalue weighted by Crippen LogP contribution is 2.28. The lowest BCUT2D eigenvalue weighted by Gasteiger charge is -2.48. The maximum Gasteiger partial charge on any atom is 0.322 e. The van der Waals surface area contributed by atoms with E-state index in [4.69, 9.17) is 4.74 Å². The summed E-state index contributed by atoms with van der Waals surface area (Å²) in [7, 11) is 0. The highest BCUT2D eigenvalue weighted by molar-refractivity contribution is 5.95. The Kier molecular flexibility index (Phi) is 4.53. The number of nitrogens with one attached hydrogen (secondary N) is 2. The molecule has 1 saturated heterocycles. The number of pyridine rings is 1. The summed E-state index contributed by atoms with van der Waals surface area (Å²) in [5.41, 5.74) is 2.39. The predicted molar refractivity (Wildman–Crippen MR) is 96.1 cm³/mol. The first-order chi connectivity index (χ1) is 11.9. The number of amides is 2. The van der Waals surface area contributed by atoms with Crippen LogP contribution in [-0.4, -0.2) is 52.9 Å². The number of aromatic nitrogens is 1. The van der Waals surface area contributed by atoms with E-state index in [1.54, 1.807) is 4.90 Å². The molecule has 0 saturated carbocycles. The Balaban J connectivity index is 1.78. The van der Waals surface area contributed by atoms with Crippen LogP contribution in [0.1, 0.15) is 18.1 Å². The number of aliphatic hydroxyl groups is 1. The van der Waals surface area contributed by atoms with Gasteiger partial charge in [-0.2, -0.15) is 0 Å². The largest absolute Gasteiger partial charge is 0.393 e. The Morgan fingerprint density at radius 3 is 2.68 bits per heavy atom. The number of urea groups is 1. The number of hydrogen-bond donors (Lipinski definition) is 3. The fraction of sp³-hybridized carbons (Fsp3) is 0.444. The maximum atomic E-state index is 12.4. The first-order valence-electron chi connectivity index (χ1n) is 8.32. The molecule has 1 aromatic heterocycles. The molecular weight excluding hydrogens is 322 g/mol. The first-order valence-corrected chi connectivity index (χ1v) is 8.32. The molecule has 1 aliphatic rings. The molecule has 0 bridgehead atoms. The second-order valence-electron chi connectivity index (χ2n) is 6.59. The Morgan fingerprint density at radius 2 is 2.04 bits per heavy atom. The van der Waals surface area contributed by atoms with Crippen LogP contribution in [0, 0.1) is 13.8 Å². The number of carbonyl (C=O) groups is 1.